The quantitative estimate of drug-likeness (QED) is 0.779. The lowest BCUT2D eigenvalue weighted by Crippen LogP contribution is -2.43. The van der Waals surface area contributed by atoms with Gasteiger partial charge in [0.05, 0.1) is 12.9 Å². The molecule has 1 aliphatic heterocycles. The van der Waals surface area contributed by atoms with Gasteiger partial charge in [-0.25, -0.2) is 0 Å². The van der Waals surface area contributed by atoms with Crippen molar-refractivity contribution in [3.8, 4) is 5.75 Å². The van der Waals surface area contributed by atoms with E-state index in [0.29, 0.717) is 5.75 Å². The van der Waals surface area contributed by atoms with Crippen LogP contribution in [0.4, 0.5) is 0 Å². The molecule has 2 N–H and O–H groups in total. The van der Waals surface area contributed by atoms with Gasteiger partial charge in [-0.2, -0.15) is 0 Å². The zero-order valence-electron chi connectivity index (χ0n) is 13.2. The van der Waals surface area contributed by atoms with Crippen molar-refractivity contribution >= 4 is 30.1 Å². The zero-order valence-corrected chi connectivity index (χ0v) is 14.8. The number of halogens is 1. The minimum absolute atomic E-state index is 0. The fraction of sp³-hybridized carbons (Fsp3) is 0.562. The lowest BCUT2D eigenvalue weighted by molar-refractivity contribution is -0.119. The van der Waals surface area contributed by atoms with Gasteiger partial charge >= 0.3 is 0 Å². The van der Waals surface area contributed by atoms with E-state index < -0.39 is 0 Å². The number of nitrogens with one attached hydrogen (secondary N) is 2. The number of hydrogen-bond acceptors (Lipinski definition) is 4. The Kier molecular flexibility index (Phi) is 8.07. The average molecular weight is 345 g/mol. The molecule has 0 bridgehead atoms. The largest absolute Gasteiger partial charge is 0.497 e. The molecule has 0 saturated carbocycles. The molecule has 0 spiro atoms. The highest BCUT2D eigenvalue weighted by atomic mass is 35.5. The molecule has 22 heavy (non-hydrogen) atoms. The van der Waals surface area contributed by atoms with Crippen LogP contribution < -0.4 is 15.4 Å². The third-order valence-corrected chi connectivity index (χ3v) is 4.93. The van der Waals surface area contributed by atoms with Crippen LogP contribution in [0.1, 0.15) is 19.8 Å². The summed E-state index contributed by atoms with van der Waals surface area (Å²) in [6.45, 7) is 5.12. The number of ether oxygens (including phenoxy) is 1. The number of hydrogen-bond donors (Lipinski definition) is 2. The molecule has 1 heterocycles. The Morgan fingerprint density at radius 2 is 2.14 bits per heavy atom. The number of carbonyl (C=O) groups excluding carboxylic acids is 1. The molecule has 0 radical (unpaired) electrons. The highest BCUT2D eigenvalue weighted by molar-refractivity contribution is 8.00. The zero-order chi connectivity index (χ0) is 15.1. The second-order valence-electron chi connectivity index (χ2n) is 5.81. The van der Waals surface area contributed by atoms with Gasteiger partial charge in [0.1, 0.15) is 5.75 Å². The van der Waals surface area contributed by atoms with Crippen molar-refractivity contribution in [3.63, 3.8) is 0 Å². The molecule has 4 nitrogen and oxygen atoms in total. The summed E-state index contributed by atoms with van der Waals surface area (Å²) in [5.41, 5.74) is 0.238. The van der Waals surface area contributed by atoms with Gasteiger partial charge in [0.25, 0.3) is 0 Å². The van der Waals surface area contributed by atoms with Gasteiger partial charge in [-0.3, -0.25) is 4.79 Å². The maximum atomic E-state index is 12.0. The van der Waals surface area contributed by atoms with E-state index in [0.717, 1.165) is 43.1 Å². The van der Waals surface area contributed by atoms with Crippen molar-refractivity contribution < 1.29 is 9.53 Å². The minimum atomic E-state index is 0. The Morgan fingerprint density at radius 3 is 2.82 bits per heavy atom. The van der Waals surface area contributed by atoms with E-state index in [4.69, 9.17) is 4.74 Å². The van der Waals surface area contributed by atoms with Gasteiger partial charge in [0.15, 0.2) is 0 Å². The fourth-order valence-electron chi connectivity index (χ4n) is 2.41. The smallest absolute Gasteiger partial charge is 0.230 e. The topological polar surface area (TPSA) is 50.4 Å². The Labute approximate surface area is 143 Å². The van der Waals surface area contributed by atoms with Crippen molar-refractivity contribution in [1.29, 1.82) is 0 Å². The second-order valence-corrected chi connectivity index (χ2v) is 6.85. The van der Waals surface area contributed by atoms with Crippen LogP contribution in [0, 0.1) is 5.41 Å². The van der Waals surface area contributed by atoms with Crippen molar-refractivity contribution in [2.24, 2.45) is 5.41 Å². The molecule has 1 saturated heterocycles. The van der Waals surface area contributed by atoms with E-state index in [2.05, 4.69) is 17.6 Å². The summed E-state index contributed by atoms with van der Waals surface area (Å²) in [5, 5.41) is 6.43. The van der Waals surface area contributed by atoms with Crippen LogP contribution >= 0.6 is 24.2 Å². The predicted octanol–water partition coefficient (Wildman–Crippen LogP) is 2.72. The van der Waals surface area contributed by atoms with Crippen molar-refractivity contribution in [2.75, 3.05) is 32.5 Å². The van der Waals surface area contributed by atoms with E-state index in [1.54, 1.807) is 7.11 Å². The summed E-state index contributed by atoms with van der Waals surface area (Å²) in [5.74, 6) is 1.37. The Balaban J connectivity index is 0.00000242. The van der Waals surface area contributed by atoms with Gasteiger partial charge in [0, 0.05) is 11.4 Å². The molecule has 1 aliphatic rings. The molecule has 0 unspecified atom stereocenters. The molecule has 1 aromatic rings. The fourth-order valence-corrected chi connectivity index (χ4v) is 3.18. The number of methoxy groups -OCH3 is 1. The van der Waals surface area contributed by atoms with E-state index >= 15 is 0 Å². The Bertz CT molecular complexity index is 479. The monoisotopic (exact) mass is 344 g/mol. The van der Waals surface area contributed by atoms with Crippen LogP contribution in [-0.2, 0) is 4.79 Å². The third-order valence-electron chi connectivity index (χ3n) is 3.93. The minimum Gasteiger partial charge on any atom is -0.497 e. The first-order valence-corrected chi connectivity index (χ1v) is 8.34. The maximum absolute atomic E-state index is 12.0. The van der Waals surface area contributed by atoms with Gasteiger partial charge in [0.2, 0.25) is 5.91 Å². The van der Waals surface area contributed by atoms with Crippen LogP contribution in [0.3, 0.4) is 0 Å². The van der Waals surface area contributed by atoms with Gasteiger partial charge in [-0.15, -0.1) is 24.2 Å². The molecule has 2 rings (SSSR count). The lowest BCUT2D eigenvalue weighted by Gasteiger charge is -2.34. The Hall–Kier alpha value is -0.910. The first-order chi connectivity index (χ1) is 10.1. The summed E-state index contributed by atoms with van der Waals surface area (Å²) >= 11 is 1.54. The molecule has 6 heteroatoms. The van der Waals surface area contributed by atoms with Crippen LogP contribution in [-0.4, -0.2) is 38.4 Å². The molecular formula is C16H25ClN2O2S. The first-order valence-electron chi connectivity index (χ1n) is 7.36. The summed E-state index contributed by atoms with van der Waals surface area (Å²) in [6, 6.07) is 7.79. The molecule has 124 valence electrons. The van der Waals surface area contributed by atoms with Crippen LogP contribution in [0.2, 0.25) is 0 Å². The summed E-state index contributed by atoms with van der Waals surface area (Å²) < 4.78 is 5.18. The van der Waals surface area contributed by atoms with Crippen molar-refractivity contribution in [1.82, 2.24) is 10.6 Å². The highest BCUT2D eigenvalue weighted by Crippen LogP contribution is 2.27. The van der Waals surface area contributed by atoms with Crippen molar-refractivity contribution in [2.45, 2.75) is 24.7 Å². The number of rotatable bonds is 6. The number of amides is 1. The van der Waals surface area contributed by atoms with Crippen LogP contribution in [0.25, 0.3) is 0 Å². The molecular weight excluding hydrogens is 320 g/mol. The summed E-state index contributed by atoms with van der Waals surface area (Å²) in [4.78, 5) is 13.0. The van der Waals surface area contributed by atoms with Crippen LogP contribution in [0.15, 0.2) is 29.2 Å². The Morgan fingerprint density at radius 1 is 1.41 bits per heavy atom. The number of thioether (sulfide) groups is 1. The molecule has 1 amide bonds. The summed E-state index contributed by atoms with van der Waals surface area (Å²) in [6.07, 6.45) is 2.24. The lowest BCUT2D eigenvalue weighted by atomic mass is 9.81. The second kappa shape index (κ2) is 9.28. The van der Waals surface area contributed by atoms with E-state index in [1.807, 2.05) is 24.3 Å². The van der Waals surface area contributed by atoms with E-state index in [-0.39, 0.29) is 23.7 Å². The predicted molar refractivity (Wildman–Crippen MR) is 94.2 cm³/mol. The van der Waals surface area contributed by atoms with Gasteiger partial charge < -0.3 is 15.4 Å². The van der Waals surface area contributed by atoms with E-state index in [1.165, 1.54) is 11.8 Å². The normalized spacial score (nSPS) is 16.5. The first kappa shape index (κ1) is 19.1. The third kappa shape index (κ3) is 6.07. The van der Waals surface area contributed by atoms with Crippen LogP contribution in [0.5, 0.6) is 5.75 Å². The van der Waals surface area contributed by atoms with E-state index in [9.17, 15) is 4.79 Å². The van der Waals surface area contributed by atoms with Crippen molar-refractivity contribution in [3.05, 3.63) is 24.3 Å². The SMILES string of the molecule is COc1cccc(SCC(=O)NCC2(C)CCNCC2)c1.Cl. The number of piperidine rings is 1. The maximum Gasteiger partial charge on any atom is 0.230 e. The number of carbonyl (C=O) groups is 1. The average Bonchev–Trinajstić information content (AvgIpc) is 2.52. The number of benzene rings is 1. The molecule has 0 atom stereocenters. The van der Waals surface area contributed by atoms with Gasteiger partial charge in [-0.1, -0.05) is 13.0 Å². The van der Waals surface area contributed by atoms with Gasteiger partial charge in [-0.05, 0) is 49.5 Å². The molecule has 0 aliphatic carbocycles. The standard InChI is InChI=1S/C16H24N2O2S.ClH/c1-16(6-8-17-9-7-16)12-18-15(19)11-21-14-5-3-4-13(10-14)20-2;/h3-5,10,17H,6-9,11-12H2,1-2H3,(H,18,19);1H. The molecule has 0 aromatic heterocycles. The molecule has 1 fully saturated rings. The molecule has 1 aromatic carbocycles. The highest BCUT2D eigenvalue weighted by Gasteiger charge is 2.26. The summed E-state index contributed by atoms with van der Waals surface area (Å²) in [7, 11) is 1.65.